The highest BCUT2D eigenvalue weighted by atomic mass is 19.3. The Morgan fingerprint density at radius 2 is 1.97 bits per heavy atom. The third kappa shape index (κ3) is 3.99. The Bertz CT molecular complexity index is 1200. The van der Waals surface area contributed by atoms with E-state index < -0.39 is 12.0 Å². The molecule has 5 heterocycles. The van der Waals surface area contributed by atoms with Crippen LogP contribution in [0.2, 0.25) is 0 Å². The first-order chi connectivity index (χ1) is 15.8. The lowest BCUT2D eigenvalue weighted by molar-refractivity contribution is -0.0494. The normalized spacial score (nSPS) is 20.3. The molecule has 2 fully saturated rings. The van der Waals surface area contributed by atoms with Crippen LogP contribution in [0.5, 0.6) is 0 Å². The third-order valence-corrected chi connectivity index (χ3v) is 5.98. The lowest BCUT2D eigenvalue weighted by Gasteiger charge is -2.31. The van der Waals surface area contributed by atoms with Crippen molar-refractivity contribution in [2.24, 2.45) is 5.73 Å². The molecule has 2 amide bonds. The summed E-state index contributed by atoms with van der Waals surface area (Å²) >= 11 is 0. The van der Waals surface area contributed by atoms with Crippen LogP contribution in [0.25, 0.3) is 16.7 Å². The van der Waals surface area contributed by atoms with Crippen LogP contribution in [0, 0.1) is 0 Å². The summed E-state index contributed by atoms with van der Waals surface area (Å²) in [6.07, 6.45) is 3.41. The molecule has 2 saturated heterocycles. The van der Waals surface area contributed by atoms with Gasteiger partial charge in [-0.15, -0.1) is 0 Å². The summed E-state index contributed by atoms with van der Waals surface area (Å²) in [6.45, 7) is 0.649. The number of aromatic nitrogens is 3. The average molecular weight is 456 g/mol. The molecule has 5 rings (SSSR count). The number of pyridine rings is 2. The molecular formula is C22H22F2N6O3. The number of carbonyl (C=O) groups is 2. The van der Waals surface area contributed by atoms with Crippen molar-refractivity contribution in [3.63, 3.8) is 0 Å². The van der Waals surface area contributed by atoms with Crippen LogP contribution >= 0.6 is 0 Å². The van der Waals surface area contributed by atoms with E-state index in [2.05, 4.69) is 9.97 Å². The van der Waals surface area contributed by atoms with Crippen molar-refractivity contribution in [3.8, 4) is 5.69 Å². The minimum atomic E-state index is -2.71. The highest BCUT2D eigenvalue weighted by molar-refractivity contribution is 5.97. The number of carbonyl (C=O) groups excluding carboxylic acids is 2. The van der Waals surface area contributed by atoms with E-state index in [9.17, 15) is 18.4 Å². The zero-order chi connectivity index (χ0) is 23.2. The number of hydrogen-bond donors (Lipinski definition) is 1. The van der Waals surface area contributed by atoms with Crippen molar-refractivity contribution in [2.45, 2.75) is 24.9 Å². The molecule has 0 bridgehead atoms. The number of piperidine rings is 1. The number of hydrogen-bond acceptors (Lipinski definition) is 6. The molecule has 2 aliphatic heterocycles. The zero-order valence-electron chi connectivity index (χ0n) is 17.7. The third-order valence-electron chi connectivity index (χ3n) is 5.98. The Hall–Kier alpha value is -3.60. The van der Waals surface area contributed by atoms with E-state index in [0.717, 1.165) is 11.1 Å². The monoisotopic (exact) mass is 456 g/mol. The fourth-order valence-electron chi connectivity index (χ4n) is 4.08. The Morgan fingerprint density at radius 1 is 1.18 bits per heavy atom. The van der Waals surface area contributed by atoms with Gasteiger partial charge in [0.1, 0.15) is 17.6 Å². The van der Waals surface area contributed by atoms with Crippen LogP contribution in [-0.4, -0.2) is 69.6 Å². The van der Waals surface area contributed by atoms with Gasteiger partial charge in [0.2, 0.25) is 0 Å². The molecule has 0 aromatic carbocycles. The molecular weight excluding hydrogens is 434 g/mol. The molecule has 3 aromatic rings. The summed E-state index contributed by atoms with van der Waals surface area (Å²) in [5.74, 6) is -2.54. The maximum Gasteiger partial charge on any atom is 0.415 e. The van der Waals surface area contributed by atoms with Crippen molar-refractivity contribution in [2.75, 3.05) is 31.1 Å². The van der Waals surface area contributed by atoms with E-state index in [1.807, 2.05) is 10.6 Å². The van der Waals surface area contributed by atoms with E-state index in [0.29, 0.717) is 23.6 Å². The number of likely N-dealkylation sites (tertiary alicyclic amines) is 1. The Morgan fingerprint density at radius 3 is 2.64 bits per heavy atom. The number of cyclic esters (lactones) is 1. The number of nitrogens with zero attached hydrogens (tertiary/aromatic N) is 5. The number of anilines is 1. The second-order valence-electron chi connectivity index (χ2n) is 8.20. The first-order valence-corrected chi connectivity index (χ1v) is 10.6. The van der Waals surface area contributed by atoms with E-state index >= 15 is 0 Å². The number of ether oxygens (including phenoxy) is 1. The predicted molar refractivity (Wildman–Crippen MR) is 116 cm³/mol. The fourth-order valence-corrected chi connectivity index (χ4v) is 4.08. The van der Waals surface area contributed by atoms with Gasteiger partial charge < -0.3 is 15.4 Å². The molecule has 0 radical (unpaired) electrons. The molecule has 33 heavy (non-hydrogen) atoms. The van der Waals surface area contributed by atoms with E-state index in [1.165, 1.54) is 16.0 Å². The van der Waals surface area contributed by atoms with Crippen LogP contribution < -0.4 is 10.6 Å². The van der Waals surface area contributed by atoms with Gasteiger partial charge in [0, 0.05) is 50.3 Å². The maximum absolute atomic E-state index is 13.4. The standard InChI is InChI=1S/C22H22F2N6O3/c23-22(24)4-7-28(8-5-22)20(31)15-9-14-3-6-29(19(14)27-11-15)16-1-2-18(26-12-16)30-13-17(10-25)33-21(30)32/h1-3,6,9,11-12,17H,4-5,7-8,10,13,25H2/t17-/m1/s1. The highest BCUT2D eigenvalue weighted by Crippen LogP contribution is 2.29. The fraction of sp³-hybridized carbons (Fsp3) is 0.364. The topological polar surface area (TPSA) is 107 Å². The lowest BCUT2D eigenvalue weighted by atomic mass is 10.1. The molecule has 1 atom stereocenters. The minimum Gasteiger partial charge on any atom is -0.443 e. The molecule has 2 N–H and O–H groups in total. The van der Waals surface area contributed by atoms with Gasteiger partial charge in [-0.25, -0.2) is 23.5 Å². The molecule has 172 valence electrons. The van der Waals surface area contributed by atoms with Crippen LogP contribution in [0.1, 0.15) is 23.2 Å². The SMILES string of the molecule is NC[C@@H]1CN(c2ccc(-n3ccc4cc(C(=O)N5CCC(F)(F)CC5)cnc43)cn2)C(=O)O1. The highest BCUT2D eigenvalue weighted by Gasteiger charge is 2.36. The summed E-state index contributed by atoms with van der Waals surface area (Å²) in [4.78, 5) is 36.4. The van der Waals surface area contributed by atoms with Crippen molar-refractivity contribution in [1.82, 2.24) is 19.4 Å². The Labute approximate surface area is 187 Å². The molecule has 11 heteroatoms. The molecule has 0 unspecified atom stereocenters. The Kier molecular flexibility index (Phi) is 5.20. The molecule has 3 aromatic heterocycles. The predicted octanol–water partition coefficient (Wildman–Crippen LogP) is 2.58. The summed E-state index contributed by atoms with van der Waals surface area (Å²) in [5, 5.41) is 0.737. The first-order valence-electron chi connectivity index (χ1n) is 10.6. The van der Waals surface area contributed by atoms with Gasteiger partial charge in [-0.2, -0.15) is 0 Å². The minimum absolute atomic E-state index is 0.0273. The quantitative estimate of drug-likeness (QED) is 0.647. The number of fused-ring (bicyclic) bond motifs is 1. The Balaban J connectivity index is 1.35. The number of nitrogens with two attached hydrogens (primary N) is 1. The molecule has 9 nitrogen and oxygen atoms in total. The molecule has 0 spiro atoms. The second-order valence-corrected chi connectivity index (χ2v) is 8.20. The van der Waals surface area contributed by atoms with Crippen molar-refractivity contribution in [3.05, 3.63) is 48.4 Å². The summed E-state index contributed by atoms with van der Waals surface area (Å²) in [5.41, 5.74) is 7.28. The smallest absolute Gasteiger partial charge is 0.415 e. The zero-order valence-corrected chi connectivity index (χ0v) is 17.7. The van der Waals surface area contributed by atoms with Crippen molar-refractivity contribution >= 4 is 28.9 Å². The lowest BCUT2D eigenvalue weighted by Crippen LogP contribution is -2.42. The van der Waals surface area contributed by atoms with Gasteiger partial charge in [-0.05, 0) is 24.3 Å². The first kappa shape index (κ1) is 21.3. The van der Waals surface area contributed by atoms with Crippen molar-refractivity contribution < 1.29 is 23.1 Å². The van der Waals surface area contributed by atoms with Crippen molar-refractivity contribution in [1.29, 1.82) is 0 Å². The molecule has 2 aliphatic rings. The van der Waals surface area contributed by atoms with Crippen LogP contribution in [0.4, 0.5) is 19.4 Å². The van der Waals surface area contributed by atoms with Gasteiger partial charge in [0.15, 0.2) is 0 Å². The summed E-state index contributed by atoms with van der Waals surface area (Å²) in [7, 11) is 0. The molecule has 0 aliphatic carbocycles. The summed E-state index contributed by atoms with van der Waals surface area (Å²) in [6, 6.07) is 7.05. The van der Waals surface area contributed by atoms with Crippen LogP contribution in [0.3, 0.4) is 0 Å². The molecule has 0 saturated carbocycles. The largest absolute Gasteiger partial charge is 0.443 e. The van der Waals surface area contributed by atoms with Gasteiger partial charge >= 0.3 is 6.09 Å². The second kappa shape index (κ2) is 8.07. The van der Waals surface area contributed by atoms with Gasteiger partial charge in [0.25, 0.3) is 11.8 Å². The van der Waals surface area contributed by atoms with E-state index in [4.69, 9.17) is 10.5 Å². The van der Waals surface area contributed by atoms with Gasteiger partial charge in [-0.1, -0.05) is 0 Å². The number of alkyl halides is 2. The number of rotatable bonds is 4. The van der Waals surface area contributed by atoms with Gasteiger partial charge in [0.05, 0.1) is 24.0 Å². The van der Waals surface area contributed by atoms with Gasteiger partial charge in [-0.3, -0.25) is 14.3 Å². The number of halogens is 2. The average Bonchev–Trinajstić information content (AvgIpc) is 3.41. The van der Waals surface area contributed by atoms with E-state index in [-0.39, 0.29) is 44.5 Å². The maximum atomic E-state index is 13.4. The number of amides is 2. The van der Waals surface area contributed by atoms with E-state index in [1.54, 1.807) is 30.6 Å². The van der Waals surface area contributed by atoms with Crippen LogP contribution in [0.15, 0.2) is 42.9 Å². The van der Waals surface area contributed by atoms with Crippen LogP contribution in [-0.2, 0) is 4.74 Å². The summed E-state index contributed by atoms with van der Waals surface area (Å²) < 4.78 is 33.8.